The van der Waals surface area contributed by atoms with Crippen LogP contribution in [-0.4, -0.2) is 67.1 Å². The molecule has 57 heavy (non-hydrogen) atoms. The standard InChI is InChI=1S/C22H21N3O4.C19H15BrClN3O4/c1-14-2-4-15(5-3-14)6-9-20-24-21(25-29-20)16-7-8-18-17(10-16)11-19(28-18)22(23,12-26)13-27;20-13-3-1-11(6-14(13)21)18-23-17(24-28-18)10-2-4-15-12(5-10)7-16(27-15)19(22,8-25)9-26/h2-11,26-27H,12-13,23H2,1H3;1-7,25-26H,8-9,22H2/b9-6+;. The number of fused-ring (bicyclic) bond motifs is 2. The number of rotatable bonds is 11. The van der Waals surface area contributed by atoms with Gasteiger partial charge in [0.1, 0.15) is 33.8 Å². The Balaban J connectivity index is 0.000000174. The molecule has 4 aromatic heterocycles. The summed E-state index contributed by atoms with van der Waals surface area (Å²) in [5, 5.41) is 47.9. The molecule has 8 rings (SSSR count). The number of aliphatic hydroxyl groups excluding tert-OH is 4. The predicted octanol–water partition coefficient (Wildman–Crippen LogP) is 6.80. The van der Waals surface area contributed by atoms with E-state index in [0.29, 0.717) is 62.3 Å². The second-order valence-corrected chi connectivity index (χ2v) is 14.7. The van der Waals surface area contributed by atoms with Crippen LogP contribution in [0.5, 0.6) is 0 Å². The molecular formula is C41H36BrClN6O8. The molecule has 0 atom stereocenters. The summed E-state index contributed by atoms with van der Waals surface area (Å²) in [6, 6.07) is 27.6. The lowest BCUT2D eigenvalue weighted by Gasteiger charge is -2.21. The molecule has 0 amide bonds. The molecule has 8 N–H and O–H groups in total. The summed E-state index contributed by atoms with van der Waals surface area (Å²) in [5.41, 5.74) is 14.8. The number of aromatic nitrogens is 4. The van der Waals surface area contributed by atoms with Crippen molar-refractivity contribution >= 4 is 61.6 Å². The van der Waals surface area contributed by atoms with E-state index in [9.17, 15) is 20.4 Å². The van der Waals surface area contributed by atoms with E-state index in [-0.39, 0.29) is 0 Å². The predicted molar refractivity (Wildman–Crippen MR) is 217 cm³/mol. The Morgan fingerprint density at radius 1 is 0.649 bits per heavy atom. The first-order valence-corrected chi connectivity index (χ1v) is 18.6. The van der Waals surface area contributed by atoms with E-state index in [1.165, 1.54) is 5.56 Å². The van der Waals surface area contributed by atoms with Crippen LogP contribution in [0.25, 0.3) is 68.3 Å². The minimum Gasteiger partial charge on any atom is -0.459 e. The number of halogens is 2. The number of nitrogens with two attached hydrogens (primary N) is 2. The van der Waals surface area contributed by atoms with E-state index in [2.05, 4.69) is 36.2 Å². The molecule has 0 aliphatic heterocycles. The number of furan rings is 2. The molecule has 0 aliphatic carbocycles. The van der Waals surface area contributed by atoms with Gasteiger partial charge in [0.15, 0.2) is 0 Å². The van der Waals surface area contributed by atoms with E-state index in [4.69, 9.17) is 40.9 Å². The summed E-state index contributed by atoms with van der Waals surface area (Å²) in [7, 11) is 0. The van der Waals surface area contributed by atoms with Crippen LogP contribution in [0.3, 0.4) is 0 Å². The first-order valence-electron chi connectivity index (χ1n) is 17.4. The fraction of sp³-hybridized carbons (Fsp3) is 0.171. The Hall–Kier alpha value is -5.49. The van der Waals surface area contributed by atoms with Crippen LogP contribution in [0.4, 0.5) is 0 Å². The maximum atomic E-state index is 9.46. The average Bonchev–Trinajstić information content (AvgIpc) is 4.07. The van der Waals surface area contributed by atoms with Crippen molar-refractivity contribution in [3.8, 4) is 34.2 Å². The van der Waals surface area contributed by atoms with Crippen LogP contribution in [-0.2, 0) is 11.1 Å². The molecule has 0 spiro atoms. The van der Waals surface area contributed by atoms with Gasteiger partial charge in [-0.05, 0) is 101 Å². The topological polar surface area (TPSA) is 237 Å². The molecule has 16 heteroatoms. The molecule has 0 radical (unpaired) electrons. The van der Waals surface area contributed by atoms with Crippen molar-refractivity contribution in [3.05, 3.63) is 129 Å². The fourth-order valence-corrected chi connectivity index (χ4v) is 6.05. The highest BCUT2D eigenvalue weighted by atomic mass is 79.9. The maximum absolute atomic E-state index is 9.46. The average molecular weight is 856 g/mol. The summed E-state index contributed by atoms with van der Waals surface area (Å²) in [6.07, 6.45) is 3.67. The summed E-state index contributed by atoms with van der Waals surface area (Å²) in [4.78, 5) is 8.84. The molecule has 0 saturated carbocycles. The summed E-state index contributed by atoms with van der Waals surface area (Å²) >= 11 is 9.47. The SMILES string of the molecule is Cc1ccc(/C=C/c2nc(-c3ccc4oc(C(N)(CO)CO)cc4c3)no2)cc1.NC(CO)(CO)c1cc2cc(-c3noc(-c4ccc(Br)c(Cl)c4)n3)ccc2o1. The Kier molecular flexibility index (Phi) is 11.5. The van der Waals surface area contributed by atoms with Gasteiger partial charge in [-0.3, -0.25) is 0 Å². The van der Waals surface area contributed by atoms with Gasteiger partial charge < -0.3 is 49.8 Å². The lowest BCUT2D eigenvalue weighted by atomic mass is 10.00. The Labute approximate surface area is 338 Å². The van der Waals surface area contributed by atoms with Gasteiger partial charge in [0, 0.05) is 38.0 Å². The number of aliphatic hydroxyl groups is 4. The number of hydrogen-bond acceptors (Lipinski definition) is 14. The van der Waals surface area contributed by atoms with E-state index in [1.807, 2.05) is 67.6 Å². The quantitative estimate of drug-likeness (QED) is 0.0785. The Bertz CT molecular complexity index is 2680. The molecule has 0 unspecified atom stereocenters. The van der Waals surface area contributed by atoms with E-state index in [0.717, 1.165) is 26.4 Å². The molecule has 4 heterocycles. The number of hydrogen-bond donors (Lipinski definition) is 6. The van der Waals surface area contributed by atoms with Crippen LogP contribution >= 0.6 is 27.5 Å². The van der Waals surface area contributed by atoms with Crippen LogP contribution in [0.15, 0.2) is 113 Å². The van der Waals surface area contributed by atoms with Gasteiger partial charge in [-0.2, -0.15) is 9.97 Å². The largest absolute Gasteiger partial charge is 0.459 e. The molecule has 0 fully saturated rings. The zero-order chi connectivity index (χ0) is 40.3. The van der Waals surface area contributed by atoms with Crippen molar-refractivity contribution < 1.29 is 38.3 Å². The summed E-state index contributed by atoms with van der Waals surface area (Å²) < 4.78 is 22.8. The van der Waals surface area contributed by atoms with Crippen molar-refractivity contribution in [2.45, 2.75) is 18.0 Å². The highest BCUT2D eigenvalue weighted by molar-refractivity contribution is 9.10. The van der Waals surface area contributed by atoms with Gasteiger partial charge in [0.2, 0.25) is 11.6 Å². The molecular weight excluding hydrogens is 820 g/mol. The second kappa shape index (κ2) is 16.5. The minimum atomic E-state index is -1.35. The van der Waals surface area contributed by atoms with Gasteiger partial charge >= 0.3 is 0 Å². The molecule has 4 aromatic carbocycles. The van der Waals surface area contributed by atoms with Crippen molar-refractivity contribution in [1.29, 1.82) is 0 Å². The third-order valence-corrected chi connectivity index (χ3v) is 10.4. The van der Waals surface area contributed by atoms with Gasteiger partial charge in [0.05, 0.1) is 31.5 Å². The molecule has 0 bridgehead atoms. The van der Waals surface area contributed by atoms with E-state index < -0.39 is 37.5 Å². The van der Waals surface area contributed by atoms with Crippen LogP contribution in [0.1, 0.15) is 28.5 Å². The number of aryl methyl sites for hydroxylation is 1. The summed E-state index contributed by atoms with van der Waals surface area (Å²) in [5.74, 6) is 2.20. The molecule has 0 aliphatic rings. The van der Waals surface area contributed by atoms with Crippen LogP contribution in [0.2, 0.25) is 5.02 Å². The molecule has 0 saturated heterocycles. The lowest BCUT2D eigenvalue weighted by molar-refractivity contribution is 0.105. The highest BCUT2D eigenvalue weighted by Crippen LogP contribution is 2.33. The lowest BCUT2D eigenvalue weighted by Crippen LogP contribution is -2.43. The second-order valence-electron chi connectivity index (χ2n) is 13.4. The van der Waals surface area contributed by atoms with Crippen molar-refractivity contribution in [2.75, 3.05) is 26.4 Å². The monoisotopic (exact) mass is 854 g/mol. The zero-order valence-corrected chi connectivity index (χ0v) is 32.6. The third-order valence-electron chi connectivity index (χ3n) is 9.19. The van der Waals surface area contributed by atoms with Gasteiger partial charge in [-0.15, -0.1) is 0 Å². The fourth-order valence-electron chi connectivity index (χ4n) is 5.62. The minimum absolute atomic E-state index is 0.294. The van der Waals surface area contributed by atoms with Gasteiger partial charge in [-0.1, -0.05) is 51.7 Å². The van der Waals surface area contributed by atoms with E-state index in [1.54, 1.807) is 42.5 Å². The maximum Gasteiger partial charge on any atom is 0.258 e. The smallest absolute Gasteiger partial charge is 0.258 e. The van der Waals surface area contributed by atoms with E-state index >= 15 is 0 Å². The summed E-state index contributed by atoms with van der Waals surface area (Å²) in [6.45, 7) is 0.286. The number of benzene rings is 4. The first kappa shape index (κ1) is 39.7. The Morgan fingerprint density at radius 3 is 1.72 bits per heavy atom. The molecule has 14 nitrogen and oxygen atoms in total. The normalized spacial score (nSPS) is 12.2. The zero-order valence-electron chi connectivity index (χ0n) is 30.3. The third kappa shape index (κ3) is 8.46. The molecule has 292 valence electrons. The van der Waals surface area contributed by atoms with Crippen LogP contribution < -0.4 is 11.5 Å². The van der Waals surface area contributed by atoms with Crippen molar-refractivity contribution in [2.24, 2.45) is 11.5 Å². The first-order chi connectivity index (χ1) is 27.4. The van der Waals surface area contributed by atoms with Crippen molar-refractivity contribution in [3.63, 3.8) is 0 Å². The van der Waals surface area contributed by atoms with Gasteiger partial charge in [-0.25, -0.2) is 0 Å². The van der Waals surface area contributed by atoms with Crippen molar-refractivity contribution in [1.82, 2.24) is 20.3 Å². The number of nitrogens with zero attached hydrogens (tertiary/aromatic N) is 4. The Morgan fingerprint density at radius 2 is 1.18 bits per heavy atom. The molecule has 8 aromatic rings. The van der Waals surface area contributed by atoms with Gasteiger partial charge in [0.25, 0.3) is 11.8 Å². The highest BCUT2D eigenvalue weighted by Gasteiger charge is 2.31. The van der Waals surface area contributed by atoms with Crippen LogP contribution in [0, 0.1) is 6.92 Å².